The highest BCUT2D eigenvalue weighted by Crippen LogP contribution is 2.37. The molecule has 1 aliphatic heterocycles. The van der Waals surface area contributed by atoms with E-state index >= 15 is 0 Å². The first-order valence-electron chi connectivity index (χ1n) is 13.7. The topological polar surface area (TPSA) is 150 Å². The number of aromatic amines is 1. The van der Waals surface area contributed by atoms with E-state index in [1.165, 1.54) is 7.11 Å². The third-order valence-corrected chi connectivity index (χ3v) is 7.43. The number of benzene rings is 2. The van der Waals surface area contributed by atoms with Crippen molar-refractivity contribution >= 4 is 34.6 Å². The quantitative estimate of drug-likeness (QED) is 0.114. The SMILES string of the molecule is COC(=O)[C@@H](NC(=O)C1c2[nH]c3ccc(OC)cc3c2CCN1C(=O)CCCCCCC(=O)NO)c1ccccc1. The van der Waals surface area contributed by atoms with Crippen molar-refractivity contribution in [1.29, 1.82) is 0 Å². The van der Waals surface area contributed by atoms with E-state index in [4.69, 9.17) is 14.7 Å². The van der Waals surface area contributed by atoms with E-state index in [9.17, 15) is 19.2 Å². The summed E-state index contributed by atoms with van der Waals surface area (Å²) in [6.07, 6.45) is 3.66. The lowest BCUT2D eigenvalue weighted by molar-refractivity contribution is -0.147. The summed E-state index contributed by atoms with van der Waals surface area (Å²) in [5.41, 5.74) is 4.54. The van der Waals surface area contributed by atoms with E-state index in [2.05, 4.69) is 10.3 Å². The molecule has 3 aromatic rings. The van der Waals surface area contributed by atoms with Crippen LogP contribution in [-0.2, 0) is 30.3 Å². The van der Waals surface area contributed by atoms with Crippen LogP contribution in [0.3, 0.4) is 0 Å². The van der Waals surface area contributed by atoms with Crippen LogP contribution in [0.2, 0.25) is 0 Å². The van der Waals surface area contributed by atoms with Gasteiger partial charge < -0.3 is 24.7 Å². The number of nitrogens with one attached hydrogen (secondary N) is 3. The van der Waals surface area contributed by atoms with Gasteiger partial charge in [0.05, 0.1) is 19.9 Å². The number of unbranched alkanes of at least 4 members (excludes halogenated alkanes) is 3. The molecule has 11 nitrogen and oxygen atoms in total. The Bertz CT molecular complexity index is 1390. The third kappa shape index (κ3) is 6.86. The van der Waals surface area contributed by atoms with Gasteiger partial charge in [-0.05, 0) is 48.6 Å². The number of carbonyl (C=O) groups excluding carboxylic acids is 4. The minimum atomic E-state index is -1.04. The molecule has 4 rings (SSSR count). The number of hydrogen-bond acceptors (Lipinski definition) is 7. The Balaban J connectivity index is 1.59. The number of methoxy groups -OCH3 is 2. The van der Waals surface area contributed by atoms with Crippen molar-refractivity contribution in [3.63, 3.8) is 0 Å². The van der Waals surface area contributed by atoms with Crippen LogP contribution in [-0.4, -0.2) is 59.5 Å². The Kier molecular flexibility index (Phi) is 9.96. The maximum atomic E-state index is 14.0. The standard InChI is InChI=1S/C30H36N4O7/c1-40-20-14-15-23-22(18-20)21-16-17-34(25(36)13-9-4-3-8-12-24(35)33-39)28(27(21)31-23)29(37)32-26(30(38)41-2)19-10-6-5-7-11-19/h5-7,10-11,14-15,18,26,28,31,39H,3-4,8-9,12-13,16-17H2,1-2H3,(H,32,37)(H,33,35)/t26-,28?/m0/s1. The van der Waals surface area contributed by atoms with Gasteiger partial charge >= 0.3 is 5.97 Å². The summed E-state index contributed by atoms with van der Waals surface area (Å²) in [6, 6.07) is 12.4. The highest BCUT2D eigenvalue weighted by atomic mass is 16.5. The number of ether oxygens (including phenoxy) is 2. The van der Waals surface area contributed by atoms with E-state index in [1.54, 1.807) is 41.8 Å². The molecule has 2 heterocycles. The molecular weight excluding hydrogens is 528 g/mol. The number of hydrogen-bond donors (Lipinski definition) is 4. The van der Waals surface area contributed by atoms with Gasteiger partial charge in [0.1, 0.15) is 5.75 Å². The lowest BCUT2D eigenvalue weighted by atomic mass is 9.95. The van der Waals surface area contributed by atoms with Gasteiger partial charge in [-0.1, -0.05) is 43.2 Å². The van der Waals surface area contributed by atoms with Gasteiger partial charge in [-0.15, -0.1) is 0 Å². The molecule has 1 aromatic heterocycles. The zero-order valence-corrected chi connectivity index (χ0v) is 23.3. The molecule has 3 amide bonds. The lowest BCUT2D eigenvalue weighted by Crippen LogP contribution is -2.48. The molecule has 218 valence electrons. The highest BCUT2D eigenvalue weighted by molar-refractivity contribution is 5.95. The molecule has 2 aromatic carbocycles. The molecule has 1 aliphatic rings. The van der Waals surface area contributed by atoms with Gasteiger partial charge in [0.2, 0.25) is 17.7 Å². The molecule has 4 N–H and O–H groups in total. The number of esters is 1. The Morgan fingerprint density at radius 2 is 1.76 bits per heavy atom. The van der Waals surface area contributed by atoms with Crippen molar-refractivity contribution in [2.45, 2.75) is 57.0 Å². The summed E-state index contributed by atoms with van der Waals surface area (Å²) >= 11 is 0. The molecule has 0 fully saturated rings. The fraction of sp³-hybridized carbons (Fsp3) is 0.400. The van der Waals surface area contributed by atoms with Crippen LogP contribution in [0.25, 0.3) is 10.9 Å². The predicted octanol–water partition coefficient (Wildman–Crippen LogP) is 3.48. The summed E-state index contributed by atoms with van der Waals surface area (Å²) in [7, 11) is 2.86. The molecule has 0 bridgehead atoms. The molecular formula is C30H36N4O7. The maximum absolute atomic E-state index is 14.0. The molecule has 0 saturated heterocycles. The van der Waals surface area contributed by atoms with Crippen molar-refractivity contribution in [1.82, 2.24) is 20.7 Å². The van der Waals surface area contributed by atoms with Crippen molar-refractivity contribution in [2.75, 3.05) is 20.8 Å². The second kappa shape index (κ2) is 13.8. The molecule has 0 radical (unpaired) electrons. The van der Waals surface area contributed by atoms with Gasteiger partial charge in [-0.3, -0.25) is 19.6 Å². The number of carbonyl (C=O) groups is 4. The number of H-pyrrole nitrogens is 1. The number of amides is 3. The normalized spacial score (nSPS) is 15.1. The number of nitrogens with zero attached hydrogens (tertiary/aromatic N) is 1. The van der Waals surface area contributed by atoms with Gasteiger partial charge in [0.25, 0.3) is 0 Å². The van der Waals surface area contributed by atoms with E-state index in [0.717, 1.165) is 29.3 Å². The Morgan fingerprint density at radius 1 is 1.02 bits per heavy atom. The van der Waals surface area contributed by atoms with Gasteiger partial charge in [-0.2, -0.15) is 0 Å². The van der Waals surface area contributed by atoms with E-state index in [0.29, 0.717) is 42.8 Å². The second-order valence-electron chi connectivity index (χ2n) is 9.99. The van der Waals surface area contributed by atoms with Crippen molar-refractivity contribution in [3.8, 4) is 5.75 Å². The average molecular weight is 565 g/mol. The minimum Gasteiger partial charge on any atom is -0.497 e. The highest BCUT2D eigenvalue weighted by Gasteiger charge is 2.39. The fourth-order valence-corrected chi connectivity index (χ4v) is 5.31. The monoisotopic (exact) mass is 564 g/mol. The fourth-order valence-electron chi connectivity index (χ4n) is 5.31. The van der Waals surface area contributed by atoms with E-state index in [1.807, 2.05) is 24.3 Å². The summed E-state index contributed by atoms with van der Waals surface area (Å²) in [5, 5.41) is 12.4. The van der Waals surface area contributed by atoms with Crippen LogP contribution in [0.15, 0.2) is 48.5 Å². The Hall–Kier alpha value is -4.38. The smallest absolute Gasteiger partial charge is 0.333 e. The number of rotatable bonds is 12. The molecule has 2 atom stereocenters. The van der Waals surface area contributed by atoms with Crippen LogP contribution in [0.5, 0.6) is 5.75 Å². The predicted molar refractivity (Wildman–Crippen MR) is 150 cm³/mol. The average Bonchev–Trinajstić information content (AvgIpc) is 3.38. The summed E-state index contributed by atoms with van der Waals surface area (Å²) < 4.78 is 10.4. The summed E-state index contributed by atoms with van der Waals surface area (Å²) in [4.78, 5) is 56.3. The van der Waals surface area contributed by atoms with Crippen LogP contribution in [0.4, 0.5) is 0 Å². The van der Waals surface area contributed by atoms with Gasteiger partial charge in [0, 0.05) is 30.3 Å². The number of aromatic nitrogens is 1. The zero-order valence-electron chi connectivity index (χ0n) is 23.3. The summed E-state index contributed by atoms with van der Waals surface area (Å²) in [6.45, 7) is 0.332. The van der Waals surface area contributed by atoms with Crippen LogP contribution in [0.1, 0.15) is 67.4 Å². The van der Waals surface area contributed by atoms with Crippen molar-refractivity contribution < 1.29 is 33.9 Å². The Labute approximate surface area is 238 Å². The van der Waals surface area contributed by atoms with Crippen molar-refractivity contribution in [3.05, 3.63) is 65.4 Å². The van der Waals surface area contributed by atoms with Crippen LogP contribution >= 0.6 is 0 Å². The number of fused-ring (bicyclic) bond motifs is 3. The Morgan fingerprint density at radius 3 is 2.44 bits per heavy atom. The second-order valence-corrected chi connectivity index (χ2v) is 9.99. The largest absolute Gasteiger partial charge is 0.497 e. The molecule has 1 unspecified atom stereocenters. The number of hydroxylamine groups is 1. The maximum Gasteiger partial charge on any atom is 0.333 e. The zero-order chi connectivity index (χ0) is 29.4. The molecule has 0 aliphatic carbocycles. The van der Waals surface area contributed by atoms with Crippen LogP contribution < -0.4 is 15.5 Å². The first kappa shape index (κ1) is 29.6. The van der Waals surface area contributed by atoms with Crippen LogP contribution in [0, 0.1) is 0 Å². The molecule has 11 heteroatoms. The summed E-state index contributed by atoms with van der Waals surface area (Å²) in [5.74, 6) is -1.03. The molecule has 41 heavy (non-hydrogen) atoms. The van der Waals surface area contributed by atoms with E-state index in [-0.39, 0.29) is 18.7 Å². The first-order valence-corrected chi connectivity index (χ1v) is 13.7. The van der Waals surface area contributed by atoms with E-state index < -0.39 is 29.9 Å². The molecule has 0 spiro atoms. The third-order valence-electron chi connectivity index (χ3n) is 7.43. The van der Waals surface area contributed by atoms with Crippen molar-refractivity contribution in [2.24, 2.45) is 0 Å². The minimum absolute atomic E-state index is 0.172. The molecule has 0 saturated carbocycles. The van der Waals surface area contributed by atoms with Gasteiger partial charge in [-0.25, -0.2) is 10.3 Å². The first-order chi connectivity index (χ1) is 19.9. The lowest BCUT2D eigenvalue weighted by Gasteiger charge is -2.35. The van der Waals surface area contributed by atoms with Gasteiger partial charge in [0.15, 0.2) is 12.1 Å².